The standard InChI is InChI=1S/C20H20FNO3/c21-16-5-1-3-14(11-16)12-17-13-22(8-10-24-17)20(23)18-6-2-4-15-7-9-25-19(15)18/h1-6,11,17H,7-10,12-13H2/t17-/m0/s1. The molecule has 2 aromatic rings. The van der Waals surface area contributed by atoms with E-state index in [1.165, 1.54) is 12.1 Å². The molecule has 0 radical (unpaired) electrons. The molecule has 2 aliphatic rings. The van der Waals surface area contributed by atoms with Crippen molar-refractivity contribution >= 4 is 5.91 Å². The summed E-state index contributed by atoms with van der Waals surface area (Å²) < 4.78 is 24.8. The van der Waals surface area contributed by atoms with Gasteiger partial charge in [-0.05, 0) is 29.3 Å². The number of nitrogens with zero attached hydrogens (tertiary/aromatic N) is 1. The first-order valence-electron chi connectivity index (χ1n) is 8.61. The lowest BCUT2D eigenvalue weighted by Gasteiger charge is -2.33. The Bertz CT molecular complexity index is 792. The summed E-state index contributed by atoms with van der Waals surface area (Å²) in [5, 5.41) is 0. The van der Waals surface area contributed by atoms with Crippen LogP contribution >= 0.6 is 0 Å². The summed E-state index contributed by atoms with van der Waals surface area (Å²) in [6.45, 7) is 2.17. The maximum absolute atomic E-state index is 13.4. The Morgan fingerprint density at radius 3 is 2.96 bits per heavy atom. The SMILES string of the molecule is O=C(c1cccc2c1OCC2)N1CCO[C@@H](Cc2cccc(F)c2)C1. The van der Waals surface area contributed by atoms with Gasteiger partial charge in [0.2, 0.25) is 0 Å². The van der Waals surface area contributed by atoms with E-state index in [4.69, 9.17) is 9.47 Å². The van der Waals surface area contributed by atoms with Gasteiger partial charge >= 0.3 is 0 Å². The summed E-state index contributed by atoms with van der Waals surface area (Å²) >= 11 is 0. The molecule has 1 atom stereocenters. The van der Waals surface area contributed by atoms with Crippen LogP contribution in [0.15, 0.2) is 42.5 Å². The molecular weight excluding hydrogens is 321 g/mol. The van der Waals surface area contributed by atoms with Gasteiger partial charge in [-0.25, -0.2) is 4.39 Å². The first-order chi connectivity index (χ1) is 12.2. The number of morpholine rings is 1. The molecule has 0 aliphatic carbocycles. The van der Waals surface area contributed by atoms with E-state index in [0.717, 1.165) is 23.3 Å². The number of para-hydroxylation sites is 1. The molecule has 0 N–H and O–H groups in total. The van der Waals surface area contributed by atoms with Crippen LogP contribution in [0.25, 0.3) is 0 Å². The first-order valence-corrected chi connectivity index (χ1v) is 8.61. The lowest BCUT2D eigenvalue weighted by molar-refractivity contribution is -0.0209. The van der Waals surface area contributed by atoms with Crippen molar-refractivity contribution in [3.8, 4) is 5.75 Å². The fourth-order valence-electron chi connectivity index (χ4n) is 3.51. The number of hydrogen-bond acceptors (Lipinski definition) is 3. The first kappa shape index (κ1) is 16.1. The maximum atomic E-state index is 13.4. The molecule has 0 bridgehead atoms. The molecule has 0 spiro atoms. The lowest BCUT2D eigenvalue weighted by Crippen LogP contribution is -2.46. The summed E-state index contributed by atoms with van der Waals surface area (Å²) in [6, 6.07) is 12.3. The smallest absolute Gasteiger partial charge is 0.257 e. The van der Waals surface area contributed by atoms with Crippen LogP contribution in [0.1, 0.15) is 21.5 Å². The van der Waals surface area contributed by atoms with Gasteiger partial charge in [-0.2, -0.15) is 0 Å². The summed E-state index contributed by atoms with van der Waals surface area (Å²) in [4.78, 5) is 14.8. The zero-order chi connectivity index (χ0) is 17.2. The van der Waals surface area contributed by atoms with Crippen LogP contribution in [0.2, 0.25) is 0 Å². The third-order valence-corrected chi connectivity index (χ3v) is 4.72. The van der Waals surface area contributed by atoms with E-state index in [9.17, 15) is 9.18 Å². The summed E-state index contributed by atoms with van der Waals surface area (Å²) in [5.41, 5.74) is 2.60. The van der Waals surface area contributed by atoms with Gasteiger partial charge in [0.15, 0.2) is 0 Å². The molecule has 5 heteroatoms. The summed E-state index contributed by atoms with van der Waals surface area (Å²) in [5.74, 6) is 0.449. The Hall–Kier alpha value is -2.40. The molecule has 25 heavy (non-hydrogen) atoms. The van der Waals surface area contributed by atoms with Gasteiger partial charge in [-0.15, -0.1) is 0 Å². The molecule has 0 aromatic heterocycles. The third-order valence-electron chi connectivity index (χ3n) is 4.72. The van der Waals surface area contributed by atoms with Crippen LogP contribution in [0, 0.1) is 5.82 Å². The van der Waals surface area contributed by atoms with E-state index in [1.807, 2.05) is 29.2 Å². The minimum atomic E-state index is -0.252. The molecule has 4 nitrogen and oxygen atoms in total. The molecule has 0 saturated carbocycles. The highest BCUT2D eigenvalue weighted by molar-refractivity contribution is 5.97. The molecular formula is C20H20FNO3. The number of carbonyl (C=O) groups is 1. The van der Waals surface area contributed by atoms with Crippen LogP contribution in [0.4, 0.5) is 4.39 Å². The average Bonchev–Trinajstić information content (AvgIpc) is 3.10. The van der Waals surface area contributed by atoms with E-state index in [-0.39, 0.29) is 17.8 Å². The predicted molar refractivity (Wildman–Crippen MR) is 91.4 cm³/mol. The number of fused-ring (bicyclic) bond motifs is 1. The number of amides is 1. The van der Waals surface area contributed by atoms with Gasteiger partial charge < -0.3 is 14.4 Å². The van der Waals surface area contributed by atoms with Crippen molar-refractivity contribution in [2.45, 2.75) is 18.9 Å². The second-order valence-electron chi connectivity index (χ2n) is 6.47. The average molecular weight is 341 g/mol. The number of halogens is 1. The van der Waals surface area contributed by atoms with E-state index >= 15 is 0 Å². The van der Waals surface area contributed by atoms with Crippen LogP contribution < -0.4 is 4.74 Å². The fourth-order valence-corrected chi connectivity index (χ4v) is 3.51. The van der Waals surface area contributed by atoms with Gasteiger partial charge in [0.1, 0.15) is 11.6 Å². The van der Waals surface area contributed by atoms with Crippen molar-refractivity contribution in [3.05, 3.63) is 65.0 Å². The molecule has 2 aromatic carbocycles. The Labute approximate surface area is 146 Å². The zero-order valence-corrected chi connectivity index (χ0v) is 13.9. The Kier molecular flexibility index (Phi) is 4.40. The quantitative estimate of drug-likeness (QED) is 0.862. The Balaban J connectivity index is 1.48. The molecule has 1 fully saturated rings. The number of benzene rings is 2. The van der Waals surface area contributed by atoms with E-state index in [0.29, 0.717) is 38.3 Å². The number of carbonyl (C=O) groups excluding carboxylic acids is 1. The second kappa shape index (κ2) is 6.84. The molecule has 130 valence electrons. The largest absolute Gasteiger partial charge is 0.492 e. The number of rotatable bonds is 3. The third kappa shape index (κ3) is 3.37. The summed E-state index contributed by atoms with van der Waals surface area (Å²) in [7, 11) is 0. The van der Waals surface area contributed by atoms with Gasteiger partial charge in [0, 0.05) is 25.9 Å². The van der Waals surface area contributed by atoms with Crippen LogP contribution in [-0.2, 0) is 17.6 Å². The predicted octanol–water partition coefficient (Wildman–Crippen LogP) is 2.84. The zero-order valence-electron chi connectivity index (χ0n) is 13.9. The van der Waals surface area contributed by atoms with Gasteiger partial charge in [-0.1, -0.05) is 24.3 Å². The normalized spacial score (nSPS) is 19.4. The highest BCUT2D eigenvalue weighted by atomic mass is 19.1. The number of ether oxygens (including phenoxy) is 2. The molecule has 4 rings (SSSR count). The molecule has 1 amide bonds. The maximum Gasteiger partial charge on any atom is 0.257 e. The Morgan fingerprint density at radius 2 is 2.08 bits per heavy atom. The second-order valence-corrected chi connectivity index (χ2v) is 6.47. The molecule has 2 aliphatic heterocycles. The van der Waals surface area contributed by atoms with E-state index < -0.39 is 0 Å². The van der Waals surface area contributed by atoms with Crippen molar-refractivity contribution < 1.29 is 18.7 Å². The highest BCUT2D eigenvalue weighted by Crippen LogP contribution is 2.30. The Morgan fingerprint density at radius 1 is 1.20 bits per heavy atom. The molecule has 2 heterocycles. The van der Waals surface area contributed by atoms with Crippen molar-refractivity contribution in [2.75, 3.05) is 26.3 Å². The fraction of sp³-hybridized carbons (Fsp3) is 0.350. The minimum absolute atomic E-state index is 0.0220. The van der Waals surface area contributed by atoms with Gasteiger partial charge in [0.25, 0.3) is 5.91 Å². The monoisotopic (exact) mass is 341 g/mol. The van der Waals surface area contributed by atoms with E-state index in [2.05, 4.69) is 0 Å². The lowest BCUT2D eigenvalue weighted by atomic mass is 10.0. The van der Waals surface area contributed by atoms with Gasteiger partial charge in [-0.3, -0.25) is 4.79 Å². The minimum Gasteiger partial charge on any atom is -0.492 e. The van der Waals surface area contributed by atoms with Crippen LogP contribution in [-0.4, -0.2) is 43.2 Å². The summed E-state index contributed by atoms with van der Waals surface area (Å²) in [6.07, 6.45) is 1.31. The van der Waals surface area contributed by atoms with Crippen molar-refractivity contribution in [1.29, 1.82) is 0 Å². The highest BCUT2D eigenvalue weighted by Gasteiger charge is 2.28. The molecule has 0 unspecified atom stereocenters. The van der Waals surface area contributed by atoms with Crippen LogP contribution in [0.5, 0.6) is 5.75 Å². The topological polar surface area (TPSA) is 38.8 Å². The van der Waals surface area contributed by atoms with Crippen molar-refractivity contribution in [3.63, 3.8) is 0 Å². The number of hydrogen-bond donors (Lipinski definition) is 0. The van der Waals surface area contributed by atoms with Crippen molar-refractivity contribution in [2.24, 2.45) is 0 Å². The van der Waals surface area contributed by atoms with Gasteiger partial charge in [0.05, 0.1) is 24.9 Å². The van der Waals surface area contributed by atoms with E-state index in [1.54, 1.807) is 6.07 Å². The van der Waals surface area contributed by atoms with Crippen molar-refractivity contribution in [1.82, 2.24) is 4.90 Å². The van der Waals surface area contributed by atoms with Crippen LogP contribution in [0.3, 0.4) is 0 Å². The molecule has 1 saturated heterocycles.